The number of thiazole rings is 1. The topological polar surface area (TPSA) is 78.0 Å². The number of carbonyl (C=O) groups is 2. The molecule has 33 heavy (non-hydrogen) atoms. The normalized spacial score (nSPS) is 15.0. The summed E-state index contributed by atoms with van der Waals surface area (Å²) in [7, 11) is 0. The average molecular weight is 467 g/mol. The van der Waals surface area contributed by atoms with Crippen LogP contribution in [0, 0.1) is 0 Å². The molecule has 1 unspecified atom stereocenters. The molecule has 1 atom stereocenters. The fourth-order valence-electron chi connectivity index (χ4n) is 3.51. The van der Waals surface area contributed by atoms with Gasteiger partial charge in [0.15, 0.2) is 6.10 Å². The number of aromatic nitrogens is 1. The molecule has 0 N–H and O–H groups in total. The minimum absolute atomic E-state index is 0.0910. The Labute approximate surface area is 196 Å². The Bertz CT molecular complexity index is 1110. The zero-order valence-electron chi connectivity index (χ0n) is 18.7. The second-order valence-corrected chi connectivity index (χ2v) is 8.57. The molecule has 2 aromatic carbocycles. The predicted octanol–water partition coefficient (Wildman–Crippen LogP) is 4.50. The van der Waals surface area contributed by atoms with Crippen molar-refractivity contribution in [2.45, 2.75) is 32.8 Å². The molecule has 2 heterocycles. The minimum atomic E-state index is -0.687. The fraction of sp³-hybridized carbons (Fsp3) is 0.320. The van der Waals surface area contributed by atoms with E-state index in [0.29, 0.717) is 17.2 Å². The Morgan fingerprint density at radius 1 is 1.18 bits per heavy atom. The first kappa shape index (κ1) is 22.8. The van der Waals surface area contributed by atoms with E-state index in [2.05, 4.69) is 11.9 Å². The number of benzene rings is 2. The van der Waals surface area contributed by atoms with Crippen LogP contribution in [-0.4, -0.2) is 42.7 Å². The second kappa shape index (κ2) is 10.5. The number of aryl methyl sites for hydroxylation is 1. The number of rotatable bonds is 9. The van der Waals surface area contributed by atoms with Crippen LogP contribution in [0.1, 0.15) is 25.3 Å². The monoisotopic (exact) mass is 466 g/mol. The largest absolute Gasteiger partial charge is 0.490 e. The minimum Gasteiger partial charge on any atom is -0.490 e. The standard InChI is InChI=1S/C25H26N2O5S/c1-3-7-23-26-20(16-33-23)18-10-11-22-21(14-18)27(25(29)17(2)32-22)15-24(28)31-13-12-30-19-8-5-4-6-9-19/h4-6,8-11,14,16-17H,3,7,12-13,15H2,1-2H3. The number of fused-ring (bicyclic) bond motifs is 1. The van der Waals surface area contributed by atoms with Crippen LogP contribution in [0.4, 0.5) is 5.69 Å². The quantitative estimate of drug-likeness (QED) is 0.341. The molecule has 0 saturated carbocycles. The second-order valence-electron chi connectivity index (χ2n) is 7.63. The van der Waals surface area contributed by atoms with Crippen LogP contribution in [-0.2, 0) is 20.7 Å². The molecule has 0 saturated heterocycles. The van der Waals surface area contributed by atoms with Crippen LogP contribution >= 0.6 is 11.3 Å². The molecule has 1 amide bonds. The predicted molar refractivity (Wildman–Crippen MR) is 127 cm³/mol. The summed E-state index contributed by atoms with van der Waals surface area (Å²) < 4.78 is 16.6. The van der Waals surface area contributed by atoms with Gasteiger partial charge in [-0.05, 0) is 50.1 Å². The van der Waals surface area contributed by atoms with Crippen molar-refractivity contribution in [3.05, 3.63) is 58.9 Å². The summed E-state index contributed by atoms with van der Waals surface area (Å²) in [5.74, 6) is 0.456. The van der Waals surface area contributed by atoms with Crippen LogP contribution < -0.4 is 14.4 Å². The number of carbonyl (C=O) groups excluding carboxylic acids is 2. The van der Waals surface area contributed by atoms with Crippen LogP contribution in [0.2, 0.25) is 0 Å². The Hall–Kier alpha value is -3.39. The third-order valence-corrected chi connectivity index (χ3v) is 6.03. The SMILES string of the molecule is CCCc1nc(-c2ccc3c(c2)N(CC(=O)OCCOc2ccccc2)C(=O)C(C)O3)cs1. The van der Waals surface area contributed by atoms with Gasteiger partial charge >= 0.3 is 5.97 Å². The first-order chi connectivity index (χ1) is 16.0. The van der Waals surface area contributed by atoms with Gasteiger partial charge in [0.2, 0.25) is 0 Å². The Balaban J connectivity index is 1.44. The van der Waals surface area contributed by atoms with E-state index in [-0.39, 0.29) is 25.7 Å². The van der Waals surface area contributed by atoms with Crippen molar-refractivity contribution in [3.63, 3.8) is 0 Å². The van der Waals surface area contributed by atoms with Gasteiger partial charge in [0.05, 0.1) is 16.4 Å². The molecule has 0 radical (unpaired) electrons. The summed E-state index contributed by atoms with van der Waals surface area (Å²) in [5, 5.41) is 3.08. The van der Waals surface area contributed by atoms with E-state index in [1.165, 1.54) is 4.90 Å². The zero-order valence-corrected chi connectivity index (χ0v) is 19.5. The summed E-state index contributed by atoms with van der Waals surface area (Å²) in [6, 6.07) is 14.9. The third kappa shape index (κ3) is 5.51. The van der Waals surface area contributed by atoms with Gasteiger partial charge < -0.3 is 14.2 Å². The number of hydrogen-bond acceptors (Lipinski definition) is 7. The highest BCUT2D eigenvalue weighted by molar-refractivity contribution is 7.09. The van der Waals surface area contributed by atoms with Crippen molar-refractivity contribution in [3.8, 4) is 22.8 Å². The molecule has 0 aliphatic carbocycles. The van der Waals surface area contributed by atoms with Gasteiger partial charge in [-0.25, -0.2) is 4.98 Å². The smallest absolute Gasteiger partial charge is 0.326 e. The highest BCUT2D eigenvalue weighted by Crippen LogP contribution is 2.37. The third-order valence-electron chi connectivity index (χ3n) is 5.12. The summed E-state index contributed by atoms with van der Waals surface area (Å²) in [6.07, 6.45) is 1.28. The van der Waals surface area contributed by atoms with E-state index in [1.807, 2.05) is 53.9 Å². The average Bonchev–Trinajstić information content (AvgIpc) is 3.29. The molecule has 4 rings (SSSR count). The maximum absolute atomic E-state index is 12.8. The molecular weight excluding hydrogens is 440 g/mol. The number of para-hydroxylation sites is 1. The first-order valence-electron chi connectivity index (χ1n) is 11.0. The molecule has 3 aromatic rings. The molecule has 1 aliphatic heterocycles. The molecule has 1 aliphatic rings. The molecular formula is C25H26N2O5S. The van der Waals surface area contributed by atoms with Crippen LogP contribution in [0.3, 0.4) is 0 Å². The maximum Gasteiger partial charge on any atom is 0.326 e. The number of anilines is 1. The van der Waals surface area contributed by atoms with Gasteiger partial charge in [0.25, 0.3) is 5.91 Å². The Kier molecular flexibility index (Phi) is 7.24. The zero-order chi connectivity index (χ0) is 23.2. The lowest BCUT2D eigenvalue weighted by Gasteiger charge is -2.32. The number of hydrogen-bond donors (Lipinski definition) is 0. The van der Waals surface area contributed by atoms with Crippen molar-refractivity contribution in [1.82, 2.24) is 4.98 Å². The molecule has 172 valence electrons. The maximum atomic E-state index is 12.8. The number of esters is 1. The van der Waals surface area contributed by atoms with Crippen molar-refractivity contribution in [2.75, 3.05) is 24.7 Å². The van der Waals surface area contributed by atoms with Crippen molar-refractivity contribution < 1.29 is 23.8 Å². The molecule has 0 spiro atoms. The van der Waals surface area contributed by atoms with E-state index in [9.17, 15) is 9.59 Å². The van der Waals surface area contributed by atoms with E-state index < -0.39 is 12.1 Å². The lowest BCUT2D eigenvalue weighted by molar-refractivity contribution is -0.144. The Morgan fingerprint density at radius 3 is 2.79 bits per heavy atom. The van der Waals surface area contributed by atoms with Crippen molar-refractivity contribution >= 4 is 28.9 Å². The van der Waals surface area contributed by atoms with Crippen LogP contribution in [0.15, 0.2) is 53.9 Å². The Morgan fingerprint density at radius 2 is 2.00 bits per heavy atom. The molecule has 7 nitrogen and oxygen atoms in total. The van der Waals surface area contributed by atoms with Crippen LogP contribution in [0.25, 0.3) is 11.3 Å². The first-order valence-corrected chi connectivity index (χ1v) is 11.8. The van der Waals surface area contributed by atoms with Crippen molar-refractivity contribution in [2.24, 2.45) is 0 Å². The summed E-state index contributed by atoms with van der Waals surface area (Å²) in [6.45, 7) is 3.91. The number of ether oxygens (including phenoxy) is 3. The van der Waals surface area contributed by atoms with Gasteiger partial charge in [-0.3, -0.25) is 14.5 Å². The number of nitrogens with zero attached hydrogens (tertiary/aromatic N) is 2. The van der Waals surface area contributed by atoms with Crippen LogP contribution in [0.5, 0.6) is 11.5 Å². The number of amides is 1. The van der Waals surface area contributed by atoms with Gasteiger partial charge in [-0.2, -0.15) is 0 Å². The summed E-state index contributed by atoms with van der Waals surface area (Å²) in [5.41, 5.74) is 2.25. The molecule has 0 bridgehead atoms. The highest BCUT2D eigenvalue weighted by Gasteiger charge is 2.33. The lowest BCUT2D eigenvalue weighted by Crippen LogP contribution is -2.47. The van der Waals surface area contributed by atoms with Gasteiger partial charge in [-0.1, -0.05) is 25.1 Å². The van der Waals surface area contributed by atoms with Gasteiger partial charge in [-0.15, -0.1) is 11.3 Å². The molecule has 8 heteroatoms. The van der Waals surface area contributed by atoms with E-state index in [0.717, 1.165) is 29.1 Å². The lowest BCUT2D eigenvalue weighted by atomic mass is 10.1. The summed E-state index contributed by atoms with van der Waals surface area (Å²) in [4.78, 5) is 31.4. The van der Waals surface area contributed by atoms with Gasteiger partial charge in [0.1, 0.15) is 31.3 Å². The van der Waals surface area contributed by atoms with Gasteiger partial charge in [0, 0.05) is 10.9 Å². The van der Waals surface area contributed by atoms with Crippen molar-refractivity contribution in [1.29, 1.82) is 0 Å². The molecule has 0 fully saturated rings. The van der Waals surface area contributed by atoms with E-state index in [1.54, 1.807) is 18.3 Å². The van der Waals surface area contributed by atoms with E-state index in [4.69, 9.17) is 14.2 Å². The fourth-order valence-corrected chi connectivity index (χ4v) is 4.42. The molecule has 1 aromatic heterocycles. The summed E-state index contributed by atoms with van der Waals surface area (Å²) >= 11 is 1.62. The van der Waals surface area contributed by atoms with E-state index >= 15 is 0 Å². The highest BCUT2D eigenvalue weighted by atomic mass is 32.1.